The van der Waals surface area contributed by atoms with Crippen LogP contribution in [0.1, 0.15) is 28.8 Å². The van der Waals surface area contributed by atoms with Crippen molar-refractivity contribution in [1.82, 2.24) is 9.62 Å². The Balaban J connectivity index is 1.63. The van der Waals surface area contributed by atoms with Crippen LogP contribution in [0.25, 0.3) is 0 Å². The second kappa shape index (κ2) is 8.19. The summed E-state index contributed by atoms with van der Waals surface area (Å²) in [7, 11) is -3.88. The third-order valence-electron chi connectivity index (χ3n) is 4.80. The number of carbonyl (C=O) groups excluding carboxylic acids is 1. The van der Waals surface area contributed by atoms with E-state index in [1.54, 1.807) is 12.1 Å². The number of carbonyl (C=O) groups is 1. The summed E-state index contributed by atoms with van der Waals surface area (Å²) in [5, 5.41) is 2.88. The molecule has 1 unspecified atom stereocenters. The van der Waals surface area contributed by atoms with Gasteiger partial charge in [-0.15, -0.1) is 0 Å². The maximum Gasteiger partial charge on any atom is 0.251 e. The molecule has 3 rings (SSSR count). The van der Waals surface area contributed by atoms with E-state index < -0.39 is 15.8 Å². The molecule has 1 aliphatic heterocycles. The van der Waals surface area contributed by atoms with E-state index in [1.807, 2.05) is 19.1 Å². The Bertz CT molecular complexity index is 913. The number of hydrogen-bond acceptors (Lipinski definition) is 3. The zero-order valence-electron chi connectivity index (χ0n) is 15.2. The van der Waals surface area contributed by atoms with Crippen LogP contribution in [0.5, 0.6) is 0 Å². The summed E-state index contributed by atoms with van der Waals surface area (Å²) in [5.41, 5.74) is 1.65. The Morgan fingerprint density at radius 3 is 2.59 bits per heavy atom. The molecule has 27 heavy (non-hydrogen) atoms. The number of benzene rings is 2. The normalized spacial score (nSPS) is 18.2. The van der Waals surface area contributed by atoms with Crippen molar-refractivity contribution in [2.24, 2.45) is 5.92 Å². The third kappa shape index (κ3) is 4.54. The first-order valence-electron chi connectivity index (χ1n) is 8.97. The number of sulfonamides is 1. The molecule has 0 aliphatic carbocycles. The topological polar surface area (TPSA) is 66.5 Å². The van der Waals surface area contributed by atoms with E-state index in [0.717, 1.165) is 18.1 Å². The summed E-state index contributed by atoms with van der Waals surface area (Å²) in [5.74, 6) is -0.925. The fourth-order valence-corrected chi connectivity index (χ4v) is 4.87. The van der Waals surface area contributed by atoms with Crippen LogP contribution in [0.4, 0.5) is 4.39 Å². The quantitative estimate of drug-likeness (QED) is 0.854. The van der Waals surface area contributed by atoms with E-state index in [9.17, 15) is 17.6 Å². The Hall–Kier alpha value is -2.25. The van der Waals surface area contributed by atoms with E-state index in [1.165, 1.54) is 22.5 Å². The lowest BCUT2D eigenvalue weighted by Crippen LogP contribution is -2.43. The molecule has 1 aliphatic rings. The van der Waals surface area contributed by atoms with E-state index >= 15 is 0 Å². The molecule has 0 saturated carbocycles. The summed E-state index contributed by atoms with van der Waals surface area (Å²) in [6.45, 7) is 2.97. The van der Waals surface area contributed by atoms with Crippen LogP contribution in [0.15, 0.2) is 53.4 Å². The predicted octanol–water partition coefficient (Wildman–Crippen LogP) is 2.96. The highest BCUT2D eigenvalue weighted by Crippen LogP contribution is 2.25. The highest BCUT2D eigenvalue weighted by molar-refractivity contribution is 7.89. The number of amides is 1. The average molecular weight is 390 g/mol. The first kappa shape index (κ1) is 19.5. The van der Waals surface area contributed by atoms with Gasteiger partial charge in [-0.2, -0.15) is 4.31 Å². The molecule has 2 aromatic carbocycles. The first-order valence-corrected chi connectivity index (χ1v) is 10.4. The minimum Gasteiger partial charge on any atom is -0.352 e. The van der Waals surface area contributed by atoms with Crippen LogP contribution in [0.2, 0.25) is 0 Å². The van der Waals surface area contributed by atoms with Crippen LogP contribution in [-0.4, -0.2) is 38.3 Å². The number of halogens is 1. The van der Waals surface area contributed by atoms with Crippen molar-refractivity contribution in [1.29, 1.82) is 0 Å². The van der Waals surface area contributed by atoms with Gasteiger partial charge < -0.3 is 5.32 Å². The van der Waals surface area contributed by atoms with Crippen molar-refractivity contribution in [2.75, 3.05) is 19.6 Å². The van der Waals surface area contributed by atoms with Crippen LogP contribution < -0.4 is 5.32 Å². The first-order chi connectivity index (χ1) is 12.9. The Morgan fingerprint density at radius 1 is 1.19 bits per heavy atom. The zero-order valence-corrected chi connectivity index (χ0v) is 16.0. The summed E-state index contributed by atoms with van der Waals surface area (Å²) in [6.07, 6.45) is 1.50. The lowest BCUT2D eigenvalue weighted by molar-refractivity contribution is 0.0941. The molecule has 7 heteroatoms. The Morgan fingerprint density at radius 2 is 1.89 bits per heavy atom. The van der Waals surface area contributed by atoms with Crippen LogP contribution in [-0.2, 0) is 10.0 Å². The molecule has 0 bridgehead atoms. The minimum atomic E-state index is -3.88. The highest BCUT2D eigenvalue weighted by Gasteiger charge is 2.32. The van der Waals surface area contributed by atoms with Gasteiger partial charge in [0.1, 0.15) is 10.7 Å². The van der Waals surface area contributed by atoms with Crippen LogP contribution in [0, 0.1) is 18.7 Å². The molecular weight excluding hydrogens is 367 g/mol. The molecule has 1 N–H and O–H groups in total. The molecule has 1 heterocycles. The number of nitrogens with zero attached hydrogens (tertiary/aromatic N) is 1. The summed E-state index contributed by atoms with van der Waals surface area (Å²) < 4.78 is 40.7. The Kier molecular flexibility index (Phi) is 5.92. The fraction of sp³-hybridized carbons (Fsp3) is 0.350. The molecule has 2 aromatic rings. The smallest absolute Gasteiger partial charge is 0.251 e. The maximum absolute atomic E-state index is 13.9. The van der Waals surface area contributed by atoms with Gasteiger partial charge in [-0.1, -0.05) is 29.8 Å². The zero-order chi connectivity index (χ0) is 19.4. The van der Waals surface area contributed by atoms with Crippen molar-refractivity contribution < 1.29 is 17.6 Å². The monoisotopic (exact) mass is 390 g/mol. The second-order valence-electron chi connectivity index (χ2n) is 6.88. The molecular formula is C20H23FN2O3S. The molecule has 1 atom stereocenters. The van der Waals surface area contributed by atoms with Gasteiger partial charge in [0, 0.05) is 25.2 Å². The van der Waals surface area contributed by atoms with Gasteiger partial charge in [0.05, 0.1) is 0 Å². The van der Waals surface area contributed by atoms with E-state index in [4.69, 9.17) is 0 Å². The number of rotatable bonds is 5. The molecule has 1 fully saturated rings. The van der Waals surface area contributed by atoms with Gasteiger partial charge in [0.25, 0.3) is 5.91 Å². The largest absolute Gasteiger partial charge is 0.352 e. The van der Waals surface area contributed by atoms with E-state index in [0.29, 0.717) is 25.1 Å². The van der Waals surface area contributed by atoms with Crippen LogP contribution in [0.3, 0.4) is 0 Å². The van der Waals surface area contributed by atoms with Gasteiger partial charge in [0.2, 0.25) is 10.0 Å². The standard InChI is InChI=1S/C20H23FN2O3S/c1-15-8-10-17(11-9-15)20(24)22-13-16-5-4-12-23(14-16)27(25,26)19-7-3-2-6-18(19)21/h2-3,6-11,16H,4-5,12-14H2,1H3,(H,22,24). The van der Waals surface area contributed by atoms with Gasteiger partial charge in [-0.3, -0.25) is 4.79 Å². The molecule has 5 nitrogen and oxygen atoms in total. The van der Waals surface area contributed by atoms with Gasteiger partial charge >= 0.3 is 0 Å². The summed E-state index contributed by atoms with van der Waals surface area (Å²) in [6, 6.07) is 12.7. The highest BCUT2D eigenvalue weighted by atomic mass is 32.2. The molecule has 144 valence electrons. The third-order valence-corrected chi connectivity index (χ3v) is 6.70. The molecule has 0 radical (unpaired) electrons. The van der Waals surface area contributed by atoms with Gasteiger partial charge in [0.15, 0.2) is 0 Å². The minimum absolute atomic E-state index is 0.00491. The van der Waals surface area contributed by atoms with Crippen LogP contribution >= 0.6 is 0 Å². The van der Waals surface area contributed by atoms with Crippen molar-refractivity contribution in [2.45, 2.75) is 24.7 Å². The van der Waals surface area contributed by atoms with Crippen molar-refractivity contribution >= 4 is 15.9 Å². The molecule has 1 saturated heterocycles. The van der Waals surface area contributed by atoms with Crippen molar-refractivity contribution in [3.05, 3.63) is 65.5 Å². The summed E-state index contributed by atoms with van der Waals surface area (Å²) in [4.78, 5) is 12.0. The number of nitrogens with one attached hydrogen (secondary N) is 1. The van der Waals surface area contributed by atoms with Gasteiger partial charge in [-0.25, -0.2) is 12.8 Å². The number of aryl methyl sites for hydroxylation is 1. The van der Waals surface area contributed by atoms with Gasteiger partial charge in [-0.05, 0) is 49.9 Å². The lowest BCUT2D eigenvalue weighted by atomic mass is 9.99. The Labute approximate surface area is 159 Å². The maximum atomic E-state index is 13.9. The summed E-state index contributed by atoms with van der Waals surface area (Å²) >= 11 is 0. The van der Waals surface area contributed by atoms with E-state index in [2.05, 4.69) is 5.32 Å². The average Bonchev–Trinajstić information content (AvgIpc) is 2.67. The van der Waals surface area contributed by atoms with Crippen molar-refractivity contribution in [3.63, 3.8) is 0 Å². The molecule has 0 spiro atoms. The molecule has 0 aromatic heterocycles. The van der Waals surface area contributed by atoms with Crippen molar-refractivity contribution in [3.8, 4) is 0 Å². The second-order valence-corrected chi connectivity index (χ2v) is 8.78. The molecule has 1 amide bonds. The predicted molar refractivity (Wildman–Crippen MR) is 101 cm³/mol. The lowest BCUT2D eigenvalue weighted by Gasteiger charge is -2.32. The van der Waals surface area contributed by atoms with E-state index in [-0.39, 0.29) is 23.3 Å². The SMILES string of the molecule is Cc1ccc(C(=O)NCC2CCCN(S(=O)(=O)c3ccccc3F)C2)cc1. The fourth-order valence-electron chi connectivity index (χ4n) is 3.25. The number of hydrogen-bond donors (Lipinski definition) is 1. The number of piperidine rings is 1.